The lowest BCUT2D eigenvalue weighted by molar-refractivity contribution is 0.0329. The number of hydrogen-bond acceptors (Lipinski definition) is 3. The van der Waals surface area contributed by atoms with Gasteiger partial charge in [0.1, 0.15) is 0 Å². The van der Waals surface area contributed by atoms with Crippen molar-refractivity contribution >= 4 is 0 Å². The molecule has 1 unspecified atom stereocenters. The van der Waals surface area contributed by atoms with E-state index in [4.69, 9.17) is 5.11 Å². The lowest BCUT2D eigenvalue weighted by Crippen LogP contribution is -2.54. The maximum Gasteiger partial charge on any atom is 0.0558 e. The maximum absolute atomic E-state index is 8.90. The van der Waals surface area contributed by atoms with Gasteiger partial charge in [-0.05, 0) is 25.8 Å². The molecule has 3 heteroatoms. The van der Waals surface area contributed by atoms with E-state index >= 15 is 0 Å². The van der Waals surface area contributed by atoms with Crippen molar-refractivity contribution in [3.8, 4) is 0 Å². The van der Waals surface area contributed by atoms with Gasteiger partial charge in [-0.25, -0.2) is 0 Å². The minimum atomic E-state index is 0.287. The maximum atomic E-state index is 8.90. The lowest BCUT2D eigenvalue weighted by Gasteiger charge is -2.44. The summed E-state index contributed by atoms with van der Waals surface area (Å²) in [7, 11) is 0. The molecule has 0 aromatic heterocycles. The van der Waals surface area contributed by atoms with E-state index in [0.717, 1.165) is 31.6 Å². The van der Waals surface area contributed by atoms with Gasteiger partial charge in [0.25, 0.3) is 0 Å². The van der Waals surface area contributed by atoms with Gasteiger partial charge in [0.15, 0.2) is 0 Å². The molecule has 3 nitrogen and oxygen atoms in total. The van der Waals surface area contributed by atoms with Gasteiger partial charge in [0.2, 0.25) is 0 Å². The Labute approximate surface area is 94.1 Å². The van der Waals surface area contributed by atoms with Crippen LogP contribution in [0.2, 0.25) is 0 Å². The van der Waals surface area contributed by atoms with Gasteiger partial charge in [-0.2, -0.15) is 0 Å². The van der Waals surface area contributed by atoms with Crippen LogP contribution in [0.25, 0.3) is 0 Å². The Morgan fingerprint density at radius 1 is 1.40 bits per heavy atom. The standard InChI is InChI=1S/C12H26N2O/c1-4-11(3)14-9-12(10-14)8-13(5-2)6-7-15/h11-12,15H,4-10H2,1-3H3. The molecule has 1 atom stereocenters. The first-order valence-corrected chi connectivity index (χ1v) is 6.28. The van der Waals surface area contributed by atoms with Crippen LogP contribution in [0.3, 0.4) is 0 Å². The number of likely N-dealkylation sites (N-methyl/N-ethyl adjacent to an activating group) is 1. The molecule has 0 saturated carbocycles. The zero-order valence-electron chi connectivity index (χ0n) is 10.4. The summed E-state index contributed by atoms with van der Waals surface area (Å²) in [6, 6.07) is 0.745. The third-order valence-corrected chi connectivity index (χ3v) is 3.58. The molecule has 1 fully saturated rings. The quantitative estimate of drug-likeness (QED) is 0.686. The second kappa shape index (κ2) is 6.46. The Morgan fingerprint density at radius 3 is 2.53 bits per heavy atom. The summed E-state index contributed by atoms with van der Waals surface area (Å²) < 4.78 is 0. The van der Waals surface area contributed by atoms with Gasteiger partial charge < -0.3 is 10.0 Å². The molecular formula is C12H26N2O. The molecule has 0 aromatic carbocycles. The number of aliphatic hydroxyl groups excluding tert-OH is 1. The molecule has 1 aliphatic heterocycles. The van der Waals surface area contributed by atoms with E-state index in [1.54, 1.807) is 0 Å². The highest BCUT2D eigenvalue weighted by atomic mass is 16.3. The molecule has 0 bridgehead atoms. The summed E-state index contributed by atoms with van der Waals surface area (Å²) in [5.41, 5.74) is 0. The first kappa shape index (κ1) is 12.9. The molecule has 1 N–H and O–H groups in total. The van der Waals surface area contributed by atoms with Crippen molar-refractivity contribution in [2.45, 2.75) is 33.2 Å². The fourth-order valence-electron chi connectivity index (χ4n) is 2.23. The minimum Gasteiger partial charge on any atom is -0.395 e. The molecular weight excluding hydrogens is 188 g/mol. The predicted molar refractivity (Wildman–Crippen MR) is 64.0 cm³/mol. The molecule has 1 saturated heterocycles. The van der Waals surface area contributed by atoms with Crippen LogP contribution < -0.4 is 0 Å². The van der Waals surface area contributed by atoms with Gasteiger partial charge in [-0.1, -0.05) is 13.8 Å². The molecule has 0 amide bonds. The summed E-state index contributed by atoms with van der Waals surface area (Å²) in [5.74, 6) is 0.825. The van der Waals surface area contributed by atoms with Crippen LogP contribution >= 0.6 is 0 Å². The van der Waals surface area contributed by atoms with Crippen LogP contribution in [-0.4, -0.2) is 60.3 Å². The van der Waals surface area contributed by atoms with E-state index < -0.39 is 0 Å². The normalized spacial score (nSPS) is 20.6. The highest BCUT2D eigenvalue weighted by Crippen LogP contribution is 2.20. The second-order valence-electron chi connectivity index (χ2n) is 4.69. The number of rotatable bonds is 7. The topological polar surface area (TPSA) is 26.7 Å². The Bertz CT molecular complexity index is 169. The van der Waals surface area contributed by atoms with Crippen molar-refractivity contribution in [1.29, 1.82) is 0 Å². The Kier molecular flexibility index (Phi) is 5.58. The number of nitrogens with zero attached hydrogens (tertiary/aromatic N) is 2. The first-order valence-electron chi connectivity index (χ1n) is 6.28. The summed E-state index contributed by atoms with van der Waals surface area (Å²) in [6.45, 7) is 12.6. The average molecular weight is 214 g/mol. The van der Waals surface area contributed by atoms with E-state index in [2.05, 4.69) is 30.6 Å². The third kappa shape index (κ3) is 3.74. The van der Waals surface area contributed by atoms with Crippen LogP contribution in [-0.2, 0) is 0 Å². The molecule has 0 spiro atoms. The van der Waals surface area contributed by atoms with Gasteiger partial charge in [0.05, 0.1) is 6.61 Å². The molecule has 0 aliphatic carbocycles. The SMILES string of the molecule is CCC(C)N1CC(CN(CC)CCO)C1. The summed E-state index contributed by atoms with van der Waals surface area (Å²) in [4.78, 5) is 4.90. The number of hydrogen-bond donors (Lipinski definition) is 1. The van der Waals surface area contributed by atoms with Gasteiger partial charge >= 0.3 is 0 Å². The van der Waals surface area contributed by atoms with E-state index in [1.807, 2.05) is 0 Å². The molecule has 90 valence electrons. The summed E-state index contributed by atoms with van der Waals surface area (Å²) >= 11 is 0. The molecule has 1 rings (SSSR count). The molecule has 1 heterocycles. The smallest absolute Gasteiger partial charge is 0.0558 e. The summed E-state index contributed by atoms with van der Waals surface area (Å²) in [5, 5.41) is 8.90. The largest absolute Gasteiger partial charge is 0.395 e. The van der Waals surface area contributed by atoms with E-state index in [9.17, 15) is 0 Å². The van der Waals surface area contributed by atoms with E-state index in [1.165, 1.54) is 19.5 Å². The van der Waals surface area contributed by atoms with Gasteiger partial charge in [-0.3, -0.25) is 4.90 Å². The van der Waals surface area contributed by atoms with Crippen molar-refractivity contribution in [2.24, 2.45) is 5.92 Å². The van der Waals surface area contributed by atoms with Crippen molar-refractivity contribution < 1.29 is 5.11 Å². The van der Waals surface area contributed by atoms with E-state index in [-0.39, 0.29) is 6.61 Å². The molecule has 1 aliphatic rings. The van der Waals surface area contributed by atoms with Crippen LogP contribution in [0.5, 0.6) is 0 Å². The third-order valence-electron chi connectivity index (χ3n) is 3.58. The minimum absolute atomic E-state index is 0.287. The Morgan fingerprint density at radius 2 is 2.07 bits per heavy atom. The molecule has 0 aromatic rings. The van der Waals surface area contributed by atoms with Gasteiger partial charge in [-0.15, -0.1) is 0 Å². The van der Waals surface area contributed by atoms with Crippen LogP contribution in [0.1, 0.15) is 27.2 Å². The number of likely N-dealkylation sites (tertiary alicyclic amines) is 1. The Hall–Kier alpha value is -0.120. The van der Waals surface area contributed by atoms with Crippen molar-refractivity contribution in [3.05, 3.63) is 0 Å². The second-order valence-corrected chi connectivity index (χ2v) is 4.69. The molecule has 0 radical (unpaired) electrons. The van der Waals surface area contributed by atoms with Crippen LogP contribution in [0.4, 0.5) is 0 Å². The molecule has 15 heavy (non-hydrogen) atoms. The highest BCUT2D eigenvalue weighted by Gasteiger charge is 2.30. The predicted octanol–water partition coefficient (Wildman–Crippen LogP) is 1.03. The highest BCUT2D eigenvalue weighted by molar-refractivity contribution is 4.84. The van der Waals surface area contributed by atoms with Crippen molar-refractivity contribution in [2.75, 3.05) is 39.3 Å². The zero-order valence-corrected chi connectivity index (χ0v) is 10.4. The van der Waals surface area contributed by atoms with Crippen molar-refractivity contribution in [3.63, 3.8) is 0 Å². The summed E-state index contributed by atoms with van der Waals surface area (Å²) in [6.07, 6.45) is 1.25. The fourth-order valence-corrected chi connectivity index (χ4v) is 2.23. The lowest BCUT2D eigenvalue weighted by atomic mass is 9.96. The zero-order chi connectivity index (χ0) is 11.3. The average Bonchev–Trinajstić information content (AvgIpc) is 2.20. The van der Waals surface area contributed by atoms with E-state index in [0.29, 0.717) is 0 Å². The Balaban J connectivity index is 2.15. The monoisotopic (exact) mass is 214 g/mol. The first-order chi connectivity index (χ1) is 7.21. The fraction of sp³-hybridized carbons (Fsp3) is 1.00. The van der Waals surface area contributed by atoms with Crippen molar-refractivity contribution in [1.82, 2.24) is 9.80 Å². The van der Waals surface area contributed by atoms with Crippen LogP contribution in [0.15, 0.2) is 0 Å². The van der Waals surface area contributed by atoms with Crippen LogP contribution in [0, 0.1) is 5.92 Å². The number of aliphatic hydroxyl groups is 1. The van der Waals surface area contributed by atoms with Gasteiger partial charge in [0, 0.05) is 32.2 Å².